The second-order valence-corrected chi connectivity index (χ2v) is 5.87. The fourth-order valence-electron chi connectivity index (χ4n) is 3.45. The molecule has 2 fully saturated rings. The lowest BCUT2D eigenvalue weighted by molar-refractivity contribution is 0.353. The van der Waals surface area contributed by atoms with E-state index >= 15 is 0 Å². The average Bonchev–Trinajstić information content (AvgIpc) is 2.79. The summed E-state index contributed by atoms with van der Waals surface area (Å²) in [4.78, 5) is 2.48. The van der Waals surface area contributed by atoms with E-state index in [1.807, 2.05) is 6.20 Å². The van der Waals surface area contributed by atoms with Crippen LogP contribution in [-0.2, 0) is 0 Å². The van der Waals surface area contributed by atoms with Crippen LogP contribution in [0.5, 0.6) is 0 Å². The van der Waals surface area contributed by atoms with Gasteiger partial charge in [0.25, 0.3) is 0 Å². The molecule has 1 aliphatic heterocycles. The second-order valence-electron chi connectivity index (χ2n) is 5.87. The molecule has 1 radical (unpaired) electrons. The van der Waals surface area contributed by atoms with Crippen molar-refractivity contribution in [3.05, 3.63) is 30.3 Å². The lowest BCUT2D eigenvalue weighted by Gasteiger charge is -2.42. The number of nitrogens with zero attached hydrogens (tertiary/aromatic N) is 2. The molecule has 1 aliphatic carbocycles. The molecule has 0 spiro atoms. The highest BCUT2D eigenvalue weighted by Crippen LogP contribution is 2.54. The standard InChI is InChI=1S/C15H18N3/c1-9-10(2)15(9)12-7-18(8-12)13-3-4-14-11(5-13)6-16-17-14/h3-6,9,12,15H,7-8H2,1-2H3,(H,16,17). The van der Waals surface area contributed by atoms with Crippen molar-refractivity contribution in [3.63, 3.8) is 0 Å². The lowest BCUT2D eigenvalue weighted by Crippen LogP contribution is -2.48. The molecule has 0 bridgehead atoms. The van der Waals surface area contributed by atoms with Crippen LogP contribution in [0.4, 0.5) is 5.69 Å². The largest absolute Gasteiger partial charge is 0.371 e. The number of fused-ring (bicyclic) bond motifs is 1. The fraction of sp³-hybridized carbons (Fsp3) is 0.467. The van der Waals surface area contributed by atoms with Crippen LogP contribution in [0.25, 0.3) is 10.9 Å². The molecule has 2 heterocycles. The van der Waals surface area contributed by atoms with Gasteiger partial charge in [-0.3, -0.25) is 5.10 Å². The molecule has 2 unspecified atom stereocenters. The van der Waals surface area contributed by atoms with Gasteiger partial charge in [-0.2, -0.15) is 5.10 Å². The van der Waals surface area contributed by atoms with Gasteiger partial charge in [0, 0.05) is 24.2 Å². The zero-order valence-electron chi connectivity index (χ0n) is 10.9. The molecule has 4 rings (SSSR count). The molecule has 0 amide bonds. The van der Waals surface area contributed by atoms with Gasteiger partial charge >= 0.3 is 0 Å². The van der Waals surface area contributed by atoms with Crippen LogP contribution in [0.1, 0.15) is 13.8 Å². The number of hydrogen-bond donors (Lipinski definition) is 1. The molecule has 1 aromatic heterocycles. The Balaban J connectivity index is 1.49. The summed E-state index contributed by atoms with van der Waals surface area (Å²) in [6.45, 7) is 7.11. The third-order valence-corrected chi connectivity index (χ3v) is 4.88. The number of nitrogens with one attached hydrogen (secondary N) is 1. The Morgan fingerprint density at radius 1 is 1.33 bits per heavy atom. The van der Waals surface area contributed by atoms with E-state index in [0.717, 1.165) is 23.3 Å². The highest BCUT2D eigenvalue weighted by molar-refractivity contribution is 5.82. The second kappa shape index (κ2) is 3.50. The molecule has 1 saturated carbocycles. The number of H-pyrrole nitrogens is 1. The van der Waals surface area contributed by atoms with Gasteiger partial charge in [-0.15, -0.1) is 0 Å². The Bertz CT molecular complexity index is 574. The monoisotopic (exact) mass is 240 g/mol. The Labute approximate surface area is 107 Å². The normalized spacial score (nSPS) is 28.7. The van der Waals surface area contributed by atoms with E-state index in [2.05, 4.69) is 47.1 Å². The lowest BCUT2D eigenvalue weighted by atomic mass is 9.92. The maximum Gasteiger partial charge on any atom is 0.0651 e. The first-order valence-electron chi connectivity index (χ1n) is 6.75. The minimum atomic E-state index is 0.869. The van der Waals surface area contributed by atoms with Crippen molar-refractivity contribution in [2.24, 2.45) is 17.8 Å². The van der Waals surface area contributed by atoms with Gasteiger partial charge in [0.2, 0.25) is 0 Å². The molecule has 3 nitrogen and oxygen atoms in total. The molecule has 2 atom stereocenters. The fourth-order valence-corrected chi connectivity index (χ4v) is 3.45. The number of rotatable bonds is 2. The van der Waals surface area contributed by atoms with E-state index in [4.69, 9.17) is 0 Å². The predicted molar refractivity (Wildman–Crippen MR) is 73.4 cm³/mol. The van der Waals surface area contributed by atoms with Gasteiger partial charge in [-0.25, -0.2) is 0 Å². The van der Waals surface area contributed by atoms with Crippen molar-refractivity contribution in [1.82, 2.24) is 10.2 Å². The third kappa shape index (κ3) is 1.39. The Kier molecular flexibility index (Phi) is 2.02. The van der Waals surface area contributed by atoms with Gasteiger partial charge < -0.3 is 4.90 Å². The van der Waals surface area contributed by atoms with Crippen LogP contribution >= 0.6 is 0 Å². The summed E-state index contributed by atoms with van der Waals surface area (Å²) in [5, 5.41) is 8.28. The molecular formula is C15H18N3. The zero-order chi connectivity index (χ0) is 12.3. The Morgan fingerprint density at radius 3 is 2.83 bits per heavy atom. The first-order chi connectivity index (χ1) is 8.74. The van der Waals surface area contributed by atoms with Crippen LogP contribution in [-0.4, -0.2) is 23.3 Å². The van der Waals surface area contributed by atoms with Gasteiger partial charge in [-0.1, -0.05) is 13.8 Å². The third-order valence-electron chi connectivity index (χ3n) is 4.88. The smallest absolute Gasteiger partial charge is 0.0651 e. The van der Waals surface area contributed by atoms with Gasteiger partial charge in [0.05, 0.1) is 11.7 Å². The van der Waals surface area contributed by atoms with Gasteiger partial charge in [0.15, 0.2) is 0 Å². The molecule has 1 aromatic carbocycles. The minimum absolute atomic E-state index is 0.869. The SMILES string of the molecule is C[C]1C(C)C1C1CN(c2ccc3[nH]ncc3c2)C1. The number of benzene rings is 1. The Hall–Kier alpha value is -1.51. The Morgan fingerprint density at radius 2 is 2.11 bits per heavy atom. The summed E-state index contributed by atoms with van der Waals surface area (Å²) in [5.41, 5.74) is 2.46. The first kappa shape index (κ1) is 10.4. The van der Waals surface area contributed by atoms with Crippen molar-refractivity contribution in [1.29, 1.82) is 0 Å². The number of hydrogen-bond acceptors (Lipinski definition) is 2. The van der Waals surface area contributed by atoms with Crippen LogP contribution in [0.15, 0.2) is 24.4 Å². The molecule has 2 aliphatic rings. The summed E-state index contributed by atoms with van der Waals surface area (Å²) in [6.07, 6.45) is 1.90. The van der Waals surface area contributed by atoms with Gasteiger partial charge in [-0.05, 0) is 41.9 Å². The number of aromatic amines is 1. The van der Waals surface area contributed by atoms with E-state index in [9.17, 15) is 0 Å². The van der Waals surface area contributed by atoms with Gasteiger partial charge in [0.1, 0.15) is 0 Å². The van der Waals surface area contributed by atoms with Crippen LogP contribution in [0.2, 0.25) is 0 Å². The number of aromatic nitrogens is 2. The first-order valence-corrected chi connectivity index (χ1v) is 6.75. The van der Waals surface area contributed by atoms with Crippen molar-refractivity contribution in [2.45, 2.75) is 13.8 Å². The molecule has 1 N–H and O–H groups in total. The van der Waals surface area contributed by atoms with Crippen molar-refractivity contribution < 1.29 is 0 Å². The average molecular weight is 240 g/mol. The van der Waals surface area contributed by atoms with Crippen molar-refractivity contribution >= 4 is 16.6 Å². The quantitative estimate of drug-likeness (QED) is 0.875. The maximum atomic E-state index is 4.07. The van der Waals surface area contributed by atoms with Crippen LogP contribution in [0, 0.1) is 23.7 Å². The summed E-state index contributed by atoms with van der Waals surface area (Å²) in [6, 6.07) is 6.56. The van der Waals surface area contributed by atoms with E-state index in [0.29, 0.717) is 0 Å². The summed E-state index contributed by atoms with van der Waals surface area (Å²) in [5.74, 6) is 4.37. The van der Waals surface area contributed by atoms with E-state index in [1.54, 1.807) is 5.92 Å². The highest BCUT2D eigenvalue weighted by Gasteiger charge is 2.51. The minimum Gasteiger partial charge on any atom is -0.371 e. The maximum absolute atomic E-state index is 4.07. The van der Waals surface area contributed by atoms with E-state index in [-0.39, 0.29) is 0 Å². The molecule has 1 saturated heterocycles. The van der Waals surface area contributed by atoms with Crippen molar-refractivity contribution in [2.75, 3.05) is 18.0 Å². The predicted octanol–water partition coefficient (Wildman–Crippen LogP) is 2.86. The number of anilines is 1. The highest BCUT2D eigenvalue weighted by atomic mass is 15.2. The van der Waals surface area contributed by atoms with Crippen LogP contribution < -0.4 is 4.90 Å². The molecule has 3 heteroatoms. The van der Waals surface area contributed by atoms with E-state index in [1.165, 1.54) is 24.2 Å². The van der Waals surface area contributed by atoms with Crippen molar-refractivity contribution in [3.8, 4) is 0 Å². The summed E-state index contributed by atoms with van der Waals surface area (Å²) < 4.78 is 0. The zero-order valence-corrected chi connectivity index (χ0v) is 10.9. The molecule has 2 aromatic rings. The molecular weight excluding hydrogens is 222 g/mol. The van der Waals surface area contributed by atoms with Crippen LogP contribution in [0.3, 0.4) is 0 Å². The van der Waals surface area contributed by atoms with E-state index < -0.39 is 0 Å². The molecule has 93 valence electrons. The summed E-state index contributed by atoms with van der Waals surface area (Å²) >= 11 is 0. The molecule has 18 heavy (non-hydrogen) atoms. The summed E-state index contributed by atoms with van der Waals surface area (Å²) in [7, 11) is 0. The topological polar surface area (TPSA) is 31.9 Å².